The Labute approximate surface area is 128 Å². The predicted octanol–water partition coefficient (Wildman–Crippen LogP) is 1.51. The van der Waals surface area contributed by atoms with Gasteiger partial charge < -0.3 is 15.4 Å². The number of anilines is 2. The molecule has 0 bridgehead atoms. The molecule has 1 aromatic heterocycles. The van der Waals surface area contributed by atoms with Crippen molar-refractivity contribution in [2.24, 2.45) is 5.92 Å². The summed E-state index contributed by atoms with van der Waals surface area (Å²) in [6.45, 7) is 1.73. The SMILES string of the molecule is O=C1CC(C(=O)Nc2cnn3c2NCCC3)C2(CCCC2)O1. The molecule has 3 aliphatic rings. The van der Waals surface area contributed by atoms with Gasteiger partial charge in [0.1, 0.15) is 17.1 Å². The quantitative estimate of drug-likeness (QED) is 0.809. The fourth-order valence-corrected chi connectivity index (χ4v) is 3.94. The van der Waals surface area contributed by atoms with E-state index in [2.05, 4.69) is 15.7 Å². The fraction of sp³-hybridized carbons (Fsp3) is 0.667. The first-order valence-electron chi connectivity index (χ1n) is 8.00. The maximum atomic E-state index is 12.7. The first-order valence-corrected chi connectivity index (χ1v) is 8.00. The smallest absolute Gasteiger partial charge is 0.307 e. The molecule has 3 heterocycles. The highest BCUT2D eigenvalue weighted by molar-refractivity contribution is 5.98. The van der Waals surface area contributed by atoms with Crippen molar-refractivity contribution in [3.05, 3.63) is 6.20 Å². The van der Waals surface area contributed by atoms with Crippen LogP contribution in [0.25, 0.3) is 0 Å². The number of carbonyl (C=O) groups is 2. The van der Waals surface area contributed by atoms with Crippen LogP contribution in [0.2, 0.25) is 0 Å². The Hall–Kier alpha value is -2.05. The van der Waals surface area contributed by atoms with Crippen LogP contribution < -0.4 is 10.6 Å². The van der Waals surface area contributed by atoms with Crippen LogP contribution in [0.5, 0.6) is 0 Å². The number of hydrogen-bond acceptors (Lipinski definition) is 5. The number of ether oxygens (including phenoxy) is 1. The lowest BCUT2D eigenvalue weighted by Crippen LogP contribution is -2.39. The Kier molecular flexibility index (Phi) is 3.09. The van der Waals surface area contributed by atoms with Crippen LogP contribution in [0.1, 0.15) is 38.5 Å². The van der Waals surface area contributed by atoms with E-state index < -0.39 is 5.60 Å². The second kappa shape index (κ2) is 5.00. The topological polar surface area (TPSA) is 85.2 Å². The van der Waals surface area contributed by atoms with E-state index in [1.807, 2.05) is 4.68 Å². The lowest BCUT2D eigenvalue weighted by atomic mass is 9.85. The van der Waals surface area contributed by atoms with Crippen LogP contribution in [0, 0.1) is 5.92 Å². The minimum Gasteiger partial charge on any atom is -0.458 e. The van der Waals surface area contributed by atoms with Gasteiger partial charge in [-0.25, -0.2) is 4.68 Å². The van der Waals surface area contributed by atoms with E-state index in [4.69, 9.17) is 4.74 Å². The van der Waals surface area contributed by atoms with Crippen LogP contribution in [-0.2, 0) is 20.9 Å². The van der Waals surface area contributed by atoms with Gasteiger partial charge in [-0.1, -0.05) is 0 Å². The maximum absolute atomic E-state index is 12.7. The summed E-state index contributed by atoms with van der Waals surface area (Å²) in [6, 6.07) is 0. The summed E-state index contributed by atoms with van der Waals surface area (Å²) >= 11 is 0. The molecule has 1 saturated carbocycles. The molecule has 2 fully saturated rings. The molecule has 7 heteroatoms. The van der Waals surface area contributed by atoms with Crippen molar-refractivity contribution in [3.63, 3.8) is 0 Å². The maximum Gasteiger partial charge on any atom is 0.307 e. The molecular weight excluding hydrogens is 284 g/mol. The van der Waals surface area contributed by atoms with Gasteiger partial charge in [-0.15, -0.1) is 0 Å². The zero-order valence-corrected chi connectivity index (χ0v) is 12.4. The average Bonchev–Trinajstić information content (AvgIpc) is 3.21. The van der Waals surface area contributed by atoms with E-state index in [0.29, 0.717) is 5.69 Å². The first kappa shape index (κ1) is 13.6. The number of amides is 1. The Balaban J connectivity index is 1.54. The van der Waals surface area contributed by atoms with Gasteiger partial charge in [0.15, 0.2) is 0 Å². The van der Waals surface area contributed by atoms with Gasteiger partial charge >= 0.3 is 5.97 Å². The van der Waals surface area contributed by atoms with E-state index >= 15 is 0 Å². The molecule has 1 saturated heterocycles. The van der Waals surface area contributed by atoms with Crippen LogP contribution in [0.3, 0.4) is 0 Å². The highest BCUT2D eigenvalue weighted by Gasteiger charge is 2.54. The molecule has 2 N–H and O–H groups in total. The summed E-state index contributed by atoms with van der Waals surface area (Å²) in [5.41, 5.74) is 0.124. The van der Waals surface area contributed by atoms with Gasteiger partial charge in [0.25, 0.3) is 0 Å². The number of rotatable bonds is 2. The second-order valence-electron chi connectivity index (χ2n) is 6.40. The Morgan fingerprint density at radius 1 is 1.41 bits per heavy atom. The molecule has 0 radical (unpaired) electrons. The third-order valence-corrected chi connectivity index (χ3v) is 5.03. The van der Waals surface area contributed by atoms with Crippen molar-refractivity contribution < 1.29 is 14.3 Å². The van der Waals surface area contributed by atoms with E-state index in [1.54, 1.807) is 6.20 Å². The number of hydrogen-bond donors (Lipinski definition) is 2. The molecule has 118 valence electrons. The van der Waals surface area contributed by atoms with Crippen molar-refractivity contribution in [1.82, 2.24) is 9.78 Å². The van der Waals surface area contributed by atoms with Gasteiger partial charge in [0, 0.05) is 13.1 Å². The van der Waals surface area contributed by atoms with Crippen LogP contribution >= 0.6 is 0 Å². The van der Waals surface area contributed by atoms with E-state index in [-0.39, 0.29) is 24.2 Å². The summed E-state index contributed by atoms with van der Waals surface area (Å²) < 4.78 is 7.40. The lowest BCUT2D eigenvalue weighted by molar-refractivity contribution is -0.149. The highest BCUT2D eigenvalue weighted by Crippen LogP contribution is 2.46. The number of nitrogens with one attached hydrogen (secondary N) is 2. The van der Waals surface area contributed by atoms with Gasteiger partial charge in [0.05, 0.1) is 18.5 Å². The molecule has 7 nitrogen and oxygen atoms in total. The Bertz CT molecular complexity index is 618. The van der Waals surface area contributed by atoms with Gasteiger partial charge in [-0.05, 0) is 32.1 Å². The third kappa shape index (κ3) is 2.07. The lowest BCUT2D eigenvalue weighted by Gasteiger charge is -2.28. The Morgan fingerprint density at radius 3 is 3.05 bits per heavy atom. The largest absolute Gasteiger partial charge is 0.458 e. The molecule has 1 atom stereocenters. The van der Waals surface area contributed by atoms with Crippen molar-refractivity contribution in [2.75, 3.05) is 17.2 Å². The molecule has 1 aromatic rings. The molecular formula is C15H20N4O3. The normalized spacial score (nSPS) is 25.6. The highest BCUT2D eigenvalue weighted by atomic mass is 16.6. The fourth-order valence-electron chi connectivity index (χ4n) is 3.94. The molecule has 2 aliphatic heterocycles. The zero-order valence-electron chi connectivity index (χ0n) is 12.4. The third-order valence-electron chi connectivity index (χ3n) is 5.03. The monoisotopic (exact) mass is 304 g/mol. The van der Waals surface area contributed by atoms with Crippen molar-refractivity contribution in [3.8, 4) is 0 Å². The summed E-state index contributed by atoms with van der Waals surface area (Å²) in [7, 11) is 0. The predicted molar refractivity (Wildman–Crippen MR) is 79.4 cm³/mol. The second-order valence-corrected chi connectivity index (χ2v) is 6.40. The number of aromatic nitrogens is 2. The van der Waals surface area contributed by atoms with Gasteiger partial charge in [-0.2, -0.15) is 5.10 Å². The van der Waals surface area contributed by atoms with Gasteiger partial charge in [-0.3, -0.25) is 9.59 Å². The molecule has 1 aliphatic carbocycles. The van der Waals surface area contributed by atoms with Gasteiger partial charge in [0.2, 0.25) is 5.91 Å². The number of nitrogens with zero attached hydrogens (tertiary/aromatic N) is 2. The number of esters is 1. The summed E-state index contributed by atoms with van der Waals surface area (Å²) in [5.74, 6) is 0.0834. The summed E-state index contributed by atoms with van der Waals surface area (Å²) in [6.07, 6.45) is 6.50. The average molecular weight is 304 g/mol. The molecule has 4 rings (SSSR count). The van der Waals surface area contributed by atoms with E-state index in [1.165, 1.54) is 0 Å². The zero-order chi connectivity index (χ0) is 15.2. The standard InChI is InChI=1S/C15H20N4O3/c20-12-8-10(15(22-12)4-1-2-5-15)14(21)18-11-9-17-19-7-3-6-16-13(11)19/h9-10,16H,1-8H2,(H,18,21). The number of carbonyl (C=O) groups excluding carboxylic acids is 2. The van der Waals surface area contributed by atoms with Crippen molar-refractivity contribution in [2.45, 2.75) is 50.7 Å². The molecule has 1 unspecified atom stereocenters. The number of aryl methyl sites for hydroxylation is 1. The number of fused-ring (bicyclic) bond motifs is 1. The first-order chi connectivity index (χ1) is 10.7. The van der Waals surface area contributed by atoms with Crippen molar-refractivity contribution in [1.29, 1.82) is 0 Å². The Morgan fingerprint density at radius 2 is 2.23 bits per heavy atom. The molecule has 1 amide bonds. The van der Waals surface area contributed by atoms with Crippen molar-refractivity contribution >= 4 is 23.4 Å². The minimum atomic E-state index is -0.568. The molecule has 0 aromatic carbocycles. The molecule has 22 heavy (non-hydrogen) atoms. The minimum absolute atomic E-state index is 0.129. The molecule has 1 spiro atoms. The summed E-state index contributed by atoms with van der Waals surface area (Å²) in [4.78, 5) is 24.4. The summed E-state index contributed by atoms with van der Waals surface area (Å²) in [5, 5.41) is 10.5. The van der Waals surface area contributed by atoms with E-state index in [0.717, 1.165) is 51.0 Å². The van der Waals surface area contributed by atoms with Crippen LogP contribution in [0.4, 0.5) is 11.5 Å². The van der Waals surface area contributed by atoms with E-state index in [9.17, 15) is 9.59 Å². The van der Waals surface area contributed by atoms with Crippen LogP contribution in [-0.4, -0.2) is 33.8 Å². The van der Waals surface area contributed by atoms with Crippen LogP contribution in [0.15, 0.2) is 6.20 Å².